The van der Waals surface area contributed by atoms with Crippen molar-refractivity contribution >= 4 is 46.3 Å². The number of hydrogen-bond donors (Lipinski definition) is 1. The highest BCUT2D eigenvalue weighted by Crippen LogP contribution is 2.40. The number of anilines is 1. The van der Waals surface area contributed by atoms with Crippen molar-refractivity contribution < 1.29 is 40.7 Å². The summed E-state index contributed by atoms with van der Waals surface area (Å²) in [5.74, 6) is -1.32. The number of hydrogen-bond acceptors (Lipinski definition) is 5. The van der Waals surface area contributed by atoms with E-state index in [-0.39, 0.29) is 33.6 Å². The lowest BCUT2D eigenvalue weighted by Crippen LogP contribution is -2.29. The summed E-state index contributed by atoms with van der Waals surface area (Å²) in [5, 5.41) is -0.151. The van der Waals surface area contributed by atoms with Crippen LogP contribution in [-0.2, 0) is 21.9 Å². The second kappa shape index (κ2) is 10.9. The van der Waals surface area contributed by atoms with Crippen molar-refractivity contribution in [3.8, 4) is 0 Å². The molecule has 6 nitrogen and oxygen atoms in total. The van der Waals surface area contributed by atoms with Crippen LogP contribution in [0.5, 0.6) is 0 Å². The number of aryl methyl sites for hydroxylation is 1. The zero-order valence-electron chi connectivity index (χ0n) is 21.2. The van der Waals surface area contributed by atoms with Crippen molar-refractivity contribution in [3.63, 3.8) is 0 Å². The van der Waals surface area contributed by atoms with E-state index in [2.05, 4.69) is 9.98 Å². The number of aromatic amines is 1. The molecule has 0 unspecified atom stereocenters. The molecule has 210 valence electrons. The van der Waals surface area contributed by atoms with Crippen molar-refractivity contribution in [2.75, 3.05) is 11.5 Å². The molecule has 1 aromatic heterocycles. The molecule has 1 saturated heterocycles. The number of H-pyrrole nitrogens is 1. The van der Waals surface area contributed by atoms with Crippen LogP contribution in [0.3, 0.4) is 0 Å². The first-order valence-electron chi connectivity index (χ1n) is 11.7. The minimum absolute atomic E-state index is 0.0166. The van der Waals surface area contributed by atoms with Gasteiger partial charge in [0.2, 0.25) is 0 Å². The number of carbonyl (C=O) groups excluding carboxylic acids is 2. The fourth-order valence-corrected chi connectivity index (χ4v) is 5.00. The van der Waals surface area contributed by atoms with Gasteiger partial charge in [0.05, 0.1) is 39.6 Å². The van der Waals surface area contributed by atoms with Crippen LogP contribution in [0.2, 0.25) is 0 Å². The highest BCUT2D eigenvalue weighted by molar-refractivity contribution is 8.19. The molecule has 2 aromatic carbocycles. The van der Waals surface area contributed by atoms with E-state index in [0.717, 1.165) is 53.1 Å². The van der Waals surface area contributed by atoms with E-state index < -0.39 is 35.4 Å². The lowest BCUT2D eigenvalue weighted by molar-refractivity contribution is -0.138. The predicted octanol–water partition coefficient (Wildman–Crippen LogP) is 7.65. The van der Waals surface area contributed by atoms with Gasteiger partial charge >= 0.3 is 18.3 Å². The number of esters is 1. The van der Waals surface area contributed by atoms with Crippen molar-refractivity contribution in [1.82, 2.24) is 4.98 Å². The zero-order valence-corrected chi connectivity index (χ0v) is 22.0. The van der Waals surface area contributed by atoms with Crippen LogP contribution in [-0.4, -0.2) is 28.6 Å². The number of thioether (sulfide) groups is 1. The van der Waals surface area contributed by atoms with Crippen LogP contribution in [0.1, 0.15) is 45.4 Å². The number of amides is 1. The number of ether oxygens (including phenoxy) is 1. The van der Waals surface area contributed by atoms with E-state index in [0.29, 0.717) is 17.0 Å². The van der Waals surface area contributed by atoms with Crippen LogP contribution < -0.4 is 4.90 Å². The Bertz CT molecular complexity index is 1540. The molecule has 0 spiro atoms. The first-order valence-corrected chi connectivity index (χ1v) is 12.6. The summed E-state index contributed by atoms with van der Waals surface area (Å²) in [4.78, 5) is 34.0. The SMILES string of the molecule is CCOC(=O)c1c(C)[nH]c(/C=C2\SC(=Nc3cccc(C(F)(F)F)c3)N(c3cccc(C(F)(F)F)c3)C2=O)c1C. The van der Waals surface area contributed by atoms with Gasteiger partial charge in [-0.3, -0.25) is 9.69 Å². The molecule has 1 fully saturated rings. The third-order valence-electron chi connectivity index (χ3n) is 5.87. The lowest BCUT2D eigenvalue weighted by Gasteiger charge is -2.17. The highest BCUT2D eigenvalue weighted by atomic mass is 32.2. The Kier molecular flexibility index (Phi) is 7.88. The molecule has 2 heterocycles. The van der Waals surface area contributed by atoms with E-state index in [4.69, 9.17) is 4.74 Å². The molecule has 1 aliphatic rings. The first-order chi connectivity index (χ1) is 18.7. The third kappa shape index (κ3) is 5.93. The van der Waals surface area contributed by atoms with Crippen molar-refractivity contribution in [3.05, 3.63) is 87.1 Å². The average Bonchev–Trinajstić information content (AvgIpc) is 3.32. The van der Waals surface area contributed by atoms with Crippen LogP contribution in [0.25, 0.3) is 6.08 Å². The quantitative estimate of drug-likeness (QED) is 0.191. The van der Waals surface area contributed by atoms with Gasteiger partial charge < -0.3 is 9.72 Å². The molecule has 1 aliphatic heterocycles. The zero-order chi connectivity index (χ0) is 29.4. The van der Waals surface area contributed by atoms with Gasteiger partial charge in [0, 0.05) is 11.4 Å². The first kappa shape index (κ1) is 29.0. The van der Waals surface area contributed by atoms with Gasteiger partial charge in [-0.1, -0.05) is 12.1 Å². The van der Waals surface area contributed by atoms with Crippen molar-refractivity contribution in [2.24, 2.45) is 4.99 Å². The Hall–Kier alpha value is -4.00. The number of rotatable bonds is 5. The summed E-state index contributed by atoms with van der Waals surface area (Å²) >= 11 is 0.769. The Morgan fingerprint density at radius 3 is 2.27 bits per heavy atom. The topological polar surface area (TPSA) is 74.8 Å². The van der Waals surface area contributed by atoms with Gasteiger partial charge in [-0.25, -0.2) is 9.79 Å². The third-order valence-corrected chi connectivity index (χ3v) is 6.84. The normalized spacial score (nSPS) is 16.3. The number of halogens is 6. The van der Waals surface area contributed by atoms with Gasteiger partial charge in [-0.2, -0.15) is 26.3 Å². The van der Waals surface area contributed by atoms with Gasteiger partial charge in [0.25, 0.3) is 5.91 Å². The maximum absolute atomic E-state index is 13.5. The monoisotopic (exact) mass is 581 g/mol. The molecule has 1 amide bonds. The lowest BCUT2D eigenvalue weighted by atomic mass is 10.1. The minimum Gasteiger partial charge on any atom is -0.462 e. The summed E-state index contributed by atoms with van der Waals surface area (Å²) in [5.41, 5.74) is -0.718. The van der Waals surface area contributed by atoms with Crippen molar-refractivity contribution in [1.29, 1.82) is 0 Å². The van der Waals surface area contributed by atoms with Gasteiger partial charge in [-0.05, 0) is 80.6 Å². The van der Waals surface area contributed by atoms with Crippen LogP contribution >= 0.6 is 11.8 Å². The van der Waals surface area contributed by atoms with Crippen LogP contribution in [0.4, 0.5) is 37.7 Å². The maximum atomic E-state index is 13.5. The number of nitrogens with one attached hydrogen (secondary N) is 1. The molecule has 3 aromatic rings. The Morgan fingerprint density at radius 1 is 1.02 bits per heavy atom. The van der Waals surface area contributed by atoms with Crippen LogP contribution in [0.15, 0.2) is 58.4 Å². The molecule has 13 heteroatoms. The number of aliphatic imine (C=N–C) groups is 1. The van der Waals surface area contributed by atoms with E-state index in [9.17, 15) is 35.9 Å². The standard InChI is InChI=1S/C27H21F6N3O3S/c1-4-39-24(38)22-14(2)20(34-15(22)3)13-21-23(37)36(19-10-6-8-17(12-19)27(31,32)33)25(40-21)35-18-9-5-7-16(11-18)26(28,29)30/h5-13,34H,4H2,1-3H3/b21-13-,35-25?. The molecule has 1 N–H and O–H groups in total. The summed E-state index contributed by atoms with van der Waals surface area (Å²) < 4.78 is 85.1. The molecular weight excluding hydrogens is 560 g/mol. The maximum Gasteiger partial charge on any atom is 0.416 e. The Morgan fingerprint density at radius 2 is 1.65 bits per heavy atom. The number of benzene rings is 2. The summed E-state index contributed by atoms with van der Waals surface area (Å²) in [7, 11) is 0. The van der Waals surface area contributed by atoms with Gasteiger partial charge in [-0.15, -0.1) is 0 Å². The Labute approximate surface area is 228 Å². The molecule has 0 bridgehead atoms. The van der Waals surface area contributed by atoms with Gasteiger partial charge in [0.15, 0.2) is 5.17 Å². The smallest absolute Gasteiger partial charge is 0.416 e. The molecule has 0 atom stereocenters. The Balaban J connectivity index is 1.83. The molecular formula is C27H21F6N3O3S. The summed E-state index contributed by atoms with van der Waals surface area (Å²) in [6.45, 7) is 5.07. The number of carbonyl (C=O) groups is 2. The molecule has 0 radical (unpaired) electrons. The summed E-state index contributed by atoms with van der Waals surface area (Å²) in [6, 6.07) is 8.01. The molecule has 0 saturated carbocycles. The van der Waals surface area contributed by atoms with E-state index in [1.165, 1.54) is 18.2 Å². The van der Waals surface area contributed by atoms with E-state index >= 15 is 0 Å². The number of nitrogens with zero attached hydrogens (tertiary/aromatic N) is 2. The molecule has 40 heavy (non-hydrogen) atoms. The fourth-order valence-electron chi connectivity index (χ4n) is 4.02. The largest absolute Gasteiger partial charge is 0.462 e. The number of amidine groups is 1. The second-order valence-electron chi connectivity index (χ2n) is 8.63. The molecule has 0 aliphatic carbocycles. The van der Waals surface area contributed by atoms with Crippen LogP contribution in [0, 0.1) is 13.8 Å². The number of alkyl halides is 6. The second-order valence-corrected chi connectivity index (χ2v) is 9.64. The predicted molar refractivity (Wildman–Crippen MR) is 139 cm³/mol. The number of aromatic nitrogens is 1. The summed E-state index contributed by atoms with van der Waals surface area (Å²) in [6.07, 6.45) is -7.95. The van der Waals surface area contributed by atoms with Gasteiger partial charge in [0.1, 0.15) is 0 Å². The van der Waals surface area contributed by atoms with E-state index in [1.807, 2.05) is 0 Å². The highest BCUT2D eigenvalue weighted by Gasteiger charge is 2.38. The minimum atomic E-state index is -4.70. The molecule has 4 rings (SSSR count). The van der Waals surface area contributed by atoms with E-state index in [1.54, 1.807) is 20.8 Å². The van der Waals surface area contributed by atoms with Crippen molar-refractivity contribution in [2.45, 2.75) is 33.1 Å². The fraction of sp³-hybridized carbons (Fsp3) is 0.222. The average molecular weight is 582 g/mol.